The van der Waals surface area contributed by atoms with Crippen LogP contribution in [0.3, 0.4) is 0 Å². The molecule has 2 atom stereocenters. The predicted octanol–water partition coefficient (Wildman–Crippen LogP) is 4.40. The molecule has 1 saturated carbocycles. The maximum absolute atomic E-state index is 5.43. The summed E-state index contributed by atoms with van der Waals surface area (Å²) in [5.41, 5.74) is 2.57. The van der Waals surface area contributed by atoms with Crippen molar-refractivity contribution in [2.75, 3.05) is 38.8 Å². The zero-order valence-electron chi connectivity index (χ0n) is 19.2. The third-order valence-electron chi connectivity index (χ3n) is 6.19. The summed E-state index contributed by atoms with van der Waals surface area (Å²) >= 11 is 0. The summed E-state index contributed by atoms with van der Waals surface area (Å²) in [5.74, 6) is 3.20. The van der Waals surface area contributed by atoms with Gasteiger partial charge >= 0.3 is 0 Å². The van der Waals surface area contributed by atoms with Gasteiger partial charge in [-0.1, -0.05) is 30.3 Å². The molecule has 1 saturated heterocycles. The fraction of sp³-hybridized carbons (Fsp3) is 0.480. The Labute approximate surface area is 208 Å². The van der Waals surface area contributed by atoms with Gasteiger partial charge in [-0.2, -0.15) is 0 Å². The first-order valence-corrected chi connectivity index (χ1v) is 11.3. The zero-order valence-corrected chi connectivity index (χ0v) is 21.5. The summed E-state index contributed by atoms with van der Waals surface area (Å²) in [6, 6.07) is 17.7. The van der Waals surface area contributed by atoms with Gasteiger partial charge in [-0.3, -0.25) is 4.99 Å². The molecule has 2 fully saturated rings. The van der Waals surface area contributed by atoms with Crippen LogP contribution in [0, 0.1) is 0 Å². The molecular weight excluding hydrogens is 515 g/mol. The van der Waals surface area contributed by atoms with E-state index < -0.39 is 0 Å². The normalized spacial score (nSPS) is 20.8. The molecule has 7 heteroatoms. The molecule has 4 rings (SSSR count). The van der Waals surface area contributed by atoms with E-state index in [0.29, 0.717) is 18.0 Å². The number of benzene rings is 2. The molecule has 0 amide bonds. The van der Waals surface area contributed by atoms with Crippen LogP contribution in [0.2, 0.25) is 0 Å². The Hall–Kier alpha value is -2.16. The lowest BCUT2D eigenvalue weighted by Crippen LogP contribution is -2.49. The van der Waals surface area contributed by atoms with E-state index in [2.05, 4.69) is 64.9 Å². The van der Waals surface area contributed by atoms with E-state index in [-0.39, 0.29) is 24.0 Å². The average molecular weight is 550 g/mol. The lowest BCUT2D eigenvalue weighted by atomic mass is 10.0. The molecule has 1 aliphatic carbocycles. The van der Waals surface area contributed by atoms with Gasteiger partial charge in [-0.25, -0.2) is 0 Å². The predicted molar refractivity (Wildman–Crippen MR) is 142 cm³/mol. The SMILES string of the molecule is CCN=C(NC1CCN(c2cc(OC)cc(OC)c2)CC1)NC1CC1c1ccccc1.I. The summed E-state index contributed by atoms with van der Waals surface area (Å²) in [6.45, 7) is 4.84. The summed E-state index contributed by atoms with van der Waals surface area (Å²) in [4.78, 5) is 7.10. The fourth-order valence-electron chi connectivity index (χ4n) is 4.34. The van der Waals surface area contributed by atoms with E-state index in [1.807, 2.05) is 6.07 Å². The minimum Gasteiger partial charge on any atom is -0.497 e. The number of piperidine rings is 1. The molecule has 1 aliphatic heterocycles. The van der Waals surface area contributed by atoms with Crippen molar-refractivity contribution in [3.8, 4) is 11.5 Å². The van der Waals surface area contributed by atoms with E-state index in [9.17, 15) is 0 Å². The Bertz CT molecular complexity index is 863. The highest BCUT2D eigenvalue weighted by atomic mass is 127. The highest BCUT2D eigenvalue weighted by Crippen LogP contribution is 2.40. The molecule has 0 aromatic heterocycles. The molecule has 6 nitrogen and oxygen atoms in total. The van der Waals surface area contributed by atoms with Gasteiger partial charge in [0.15, 0.2) is 5.96 Å². The number of hydrogen-bond donors (Lipinski definition) is 2. The van der Waals surface area contributed by atoms with Gasteiger partial charge < -0.3 is 25.0 Å². The first-order chi connectivity index (χ1) is 15.2. The summed E-state index contributed by atoms with van der Waals surface area (Å²) in [6.07, 6.45) is 3.30. The molecule has 174 valence electrons. The highest BCUT2D eigenvalue weighted by molar-refractivity contribution is 14.0. The molecule has 0 spiro atoms. The van der Waals surface area contributed by atoms with Crippen LogP contribution in [0.5, 0.6) is 11.5 Å². The second kappa shape index (κ2) is 11.6. The Morgan fingerprint density at radius 2 is 1.66 bits per heavy atom. The van der Waals surface area contributed by atoms with Crippen LogP contribution in [0.1, 0.15) is 37.7 Å². The number of anilines is 1. The minimum absolute atomic E-state index is 0. The van der Waals surface area contributed by atoms with Crippen LogP contribution in [0.15, 0.2) is 53.5 Å². The highest BCUT2D eigenvalue weighted by Gasteiger charge is 2.39. The lowest BCUT2D eigenvalue weighted by molar-refractivity contribution is 0.393. The van der Waals surface area contributed by atoms with Crippen LogP contribution in [-0.4, -0.2) is 51.9 Å². The standard InChI is InChI=1S/C25H34N4O2.HI/c1-4-26-25(28-24-17-23(24)18-8-6-5-7-9-18)27-19-10-12-29(13-11-19)20-14-21(30-2)16-22(15-20)31-3;/h5-9,14-16,19,23-24H,4,10-13,17H2,1-3H3,(H2,26,27,28);1H. The number of aliphatic imine (C=N–C) groups is 1. The van der Waals surface area contributed by atoms with Crippen molar-refractivity contribution in [2.45, 2.75) is 44.2 Å². The van der Waals surface area contributed by atoms with Gasteiger partial charge in [0.05, 0.1) is 14.2 Å². The van der Waals surface area contributed by atoms with Gasteiger partial charge in [-0.15, -0.1) is 24.0 Å². The maximum atomic E-state index is 5.43. The summed E-state index contributed by atoms with van der Waals surface area (Å²) < 4.78 is 10.9. The van der Waals surface area contributed by atoms with E-state index in [1.54, 1.807) is 14.2 Å². The molecule has 0 radical (unpaired) electrons. The average Bonchev–Trinajstić information content (AvgIpc) is 3.59. The molecule has 32 heavy (non-hydrogen) atoms. The largest absolute Gasteiger partial charge is 0.497 e. The quantitative estimate of drug-likeness (QED) is 0.304. The number of halogens is 1. The number of hydrogen-bond acceptors (Lipinski definition) is 4. The zero-order chi connectivity index (χ0) is 21.6. The third-order valence-corrected chi connectivity index (χ3v) is 6.19. The Morgan fingerprint density at radius 1 is 1.00 bits per heavy atom. The van der Waals surface area contributed by atoms with Crippen molar-refractivity contribution < 1.29 is 9.47 Å². The number of ether oxygens (including phenoxy) is 2. The molecule has 2 N–H and O–H groups in total. The van der Waals surface area contributed by atoms with Crippen LogP contribution in [-0.2, 0) is 0 Å². The van der Waals surface area contributed by atoms with Crippen molar-refractivity contribution in [2.24, 2.45) is 4.99 Å². The second-order valence-electron chi connectivity index (χ2n) is 8.30. The maximum Gasteiger partial charge on any atom is 0.191 e. The molecule has 2 aromatic carbocycles. The Balaban J connectivity index is 0.00000289. The van der Waals surface area contributed by atoms with Gasteiger partial charge in [0.2, 0.25) is 0 Å². The number of rotatable bonds is 7. The molecular formula is C25H35IN4O2. The number of nitrogens with zero attached hydrogens (tertiary/aromatic N) is 2. The third kappa shape index (κ3) is 6.21. The van der Waals surface area contributed by atoms with Gasteiger partial charge in [0.25, 0.3) is 0 Å². The van der Waals surface area contributed by atoms with Crippen LogP contribution in [0.25, 0.3) is 0 Å². The first-order valence-electron chi connectivity index (χ1n) is 11.3. The number of methoxy groups -OCH3 is 2. The van der Waals surface area contributed by atoms with Crippen LogP contribution < -0.4 is 25.0 Å². The molecule has 2 unspecified atom stereocenters. The second-order valence-corrected chi connectivity index (χ2v) is 8.30. The van der Waals surface area contributed by atoms with E-state index in [1.165, 1.54) is 12.0 Å². The van der Waals surface area contributed by atoms with Gasteiger partial charge in [0.1, 0.15) is 11.5 Å². The van der Waals surface area contributed by atoms with Crippen molar-refractivity contribution in [3.63, 3.8) is 0 Å². The van der Waals surface area contributed by atoms with Crippen molar-refractivity contribution in [1.82, 2.24) is 10.6 Å². The topological polar surface area (TPSA) is 58.1 Å². The Morgan fingerprint density at radius 3 is 2.25 bits per heavy atom. The van der Waals surface area contributed by atoms with Crippen molar-refractivity contribution >= 4 is 35.6 Å². The van der Waals surface area contributed by atoms with E-state index in [4.69, 9.17) is 14.5 Å². The van der Waals surface area contributed by atoms with Crippen LogP contribution in [0.4, 0.5) is 5.69 Å². The summed E-state index contributed by atoms with van der Waals surface area (Å²) in [5, 5.41) is 7.33. The van der Waals surface area contributed by atoms with E-state index in [0.717, 1.165) is 55.6 Å². The van der Waals surface area contributed by atoms with Crippen molar-refractivity contribution in [3.05, 3.63) is 54.1 Å². The lowest BCUT2D eigenvalue weighted by Gasteiger charge is -2.35. The minimum atomic E-state index is 0. The Kier molecular flexibility index (Phi) is 8.90. The molecule has 2 aliphatic rings. The van der Waals surface area contributed by atoms with Gasteiger partial charge in [-0.05, 0) is 31.7 Å². The smallest absolute Gasteiger partial charge is 0.191 e. The molecule has 2 aromatic rings. The van der Waals surface area contributed by atoms with E-state index >= 15 is 0 Å². The molecule has 0 bridgehead atoms. The summed E-state index contributed by atoms with van der Waals surface area (Å²) in [7, 11) is 3.39. The van der Waals surface area contributed by atoms with Crippen LogP contribution >= 0.6 is 24.0 Å². The first kappa shape index (κ1) is 24.5. The fourth-order valence-corrected chi connectivity index (χ4v) is 4.34. The molecule has 1 heterocycles. The van der Waals surface area contributed by atoms with Crippen molar-refractivity contribution in [1.29, 1.82) is 0 Å². The van der Waals surface area contributed by atoms with Gasteiger partial charge in [0, 0.05) is 61.5 Å². The number of guanidine groups is 1. The number of nitrogens with one attached hydrogen (secondary N) is 2. The monoisotopic (exact) mass is 550 g/mol.